The predicted molar refractivity (Wildman–Crippen MR) is 90.7 cm³/mol. The highest BCUT2D eigenvalue weighted by atomic mass is 35.5. The normalized spacial score (nSPS) is 14.8. The molecule has 128 valence electrons. The molecule has 23 heavy (non-hydrogen) atoms. The SMILES string of the molecule is Cc1ccc(OC2CCN(C(=O)CNC(=O)CN)CC2)cc1.Cl. The fourth-order valence-electron chi connectivity index (χ4n) is 2.39. The summed E-state index contributed by atoms with van der Waals surface area (Å²) in [5.41, 5.74) is 6.39. The van der Waals surface area contributed by atoms with Crippen molar-refractivity contribution >= 4 is 24.2 Å². The number of hydrogen-bond acceptors (Lipinski definition) is 4. The Hall–Kier alpha value is -1.79. The van der Waals surface area contributed by atoms with Crippen molar-refractivity contribution in [2.24, 2.45) is 5.73 Å². The Labute approximate surface area is 142 Å². The van der Waals surface area contributed by atoms with Gasteiger partial charge < -0.3 is 20.7 Å². The Morgan fingerprint density at radius 3 is 2.43 bits per heavy atom. The summed E-state index contributed by atoms with van der Waals surface area (Å²) in [7, 11) is 0. The number of hydrogen-bond donors (Lipinski definition) is 2. The van der Waals surface area contributed by atoms with E-state index in [9.17, 15) is 9.59 Å². The van der Waals surface area contributed by atoms with Gasteiger partial charge in [-0.25, -0.2) is 0 Å². The van der Waals surface area contributed by atoms with E-state index < -0.39 is 0 Å². The molecule has 6 nitrogen and oxygen atoms in total. The number of ether oxygens (including phenoxy) is 1. The smallest absolute Gasteiger partial charge is 0.241 e. The van der Waals surface area contributed by atoms with Crippen molar-refractivity contribution in [2.45, 2.75) is 25.9 Å². The minimum Gasteiger partial charge on any atom is -0.490 e. The van der Waals surface area contributed by atoms with Crippen LogP contribution in [0.25, 0.3) is 0 Å². The largest absolute Gasteiger partial charge is 0.490 e. The molecule has 1 fully saturated rings. The molecule has 0 spiro atoms. The number of amides is 2. The van der Waals surface area contributed by atoms with Crippen molar-refractivity contribution in [3.8, 4) is 5.75 Å². The third-order valence-corrected chi connectivity index (χ3v) is 3.74. The van der Waals surface area contributed by atoms with Crippen LogP contribution in [0.4, 0.5) is 0 Å². The number of nitrogens with zero attached hydrogens (tertiary/aromatic N) is 1. The monoisotopic (exact) mass is 341 g/mol. The molecule has 2 amide bonds. The van der Waals surface area contributed by atoms with Gasteiger partial charge in [-0.1, -0.05) is 17.7 Å². The summed E-state index contributed by atoms with van der Waals surface area (Å²) in [6.45, 7) is 3.25. The van der Waals surface area contributed by atoms with Crippen molar-refractivity contribution in [1.82, 2.24) is 10.2 Å². The van der Waals surface area contributed by atoms with Crippen molar-refractivity contribution in [3.05, 3.63) is 29.8 Å². The van der Waals surface area contributed by atoms with Gasteiger partial charge in [0.15, 0.2) is 0 Å². The van der Waals surface area contributed by atoms with Crippen molar-refractivity contribution in [3.63, 3.8) is 0 Å². The molecule has 7 heteroatoms. The second kappa shape index (κ2) is 9.37. The van der Waals surface area contributed by atoms with Crippen LogP contribution in [0.1, 0.15) is 18.4 Å². The first-order chi connectivity index (χ1) is 10.6. The first-order valence-electron chi connectivity index (χ1n) is 7.56. The molecule has 1 aromatic carbocycles. The molecule has 3 N–H and O–H groups in total. The zero-order valence-electron chi connectivity index (χ0n) is 13.3. The number of benzene rings is 1. The lowest BCUT2D eigenvalue weighted by atomic mass is 10.1. The lowest BCUT2D eigenvalue weighted by Gasteiger charge is -2.32. The van der Waals surface area contributed by atoms with Crippen molar-refractivity contribution < 1.29 is 14.3 Å². The summed E-state index contributed by atoms with van der Waals surface area (Å²) in [4.78, 5) is 24.8. The van der Waals surface area contributed by atoms with Gasteiger partial charge in [-0.3, -0.25) is 9.59 Å². The summed E-state index contributed by atoms with van der Waals surface area (Å²) in [6.07, 6.45) is 1.72. The van der Waals surface area contributed by atoms with Gasteiger partial charge in [-0.15, -0.1) is 12.4 Å². The summed E-state index contributed by atoms with van der Waals surface area (Å²) < 4.78 is 5.93. The lowest BCUT2D eigenvalue weighted by Crippen LogP contribution is -2.46. The molecular formula is C16H24ClN3O3. The number of halogens is 1. The Morgan fingerprint density at radius 2 is 1.87 bits per heavy atom. The minimum absolute atomic E-state index is 0. The molecule has 0 unspecified atom stereocenters. The van der Waals surface area contributed by atoms with Crippen LogP contribution < -0.4 is 15.8 Å². The molecule has 2 rings (SSSR count). The van der Waals surface area contributed by atoms with E-state index in [-0.39, 0.29) is 43.4 Å². The molecule has 1 aliphatic rings. The van der Waals surface area contributed by atoms with E-state index >= 15 is 0 Å². The van der Waals surface area contributed by atoms with Crippen LogP contribution in [0, 0.1) is 6.92 Å². The van der Waals surface area contributed by atoms with Crippen LogP contribution in [-0.4, -0.2) is 49.0 Å². The number of carbonyl (C=O) groups is 2. The maximum atomic E-state index is 12.0. The summed E-state index contributed by atoms with van der Waals surface area (Å²) in [5, 5.41) is 2.50. The molecular weight excluding hydrogens is 318 g/mol. The van der Waals surface area contributed by atoms with E-state index in [0.717, 1.165) is 18.6 Å². The average Bonchev–Trinajstić information content (AvgIpc) is 2.55. The second-order valence-electron chi connectivity index (χ2n) is 5.49. The summed E-state index contributed by atoms with van der Waals surface area (Å²) in [5.74, 6) is 0.479. The fourth-order valence-corrected chi connectivity index (χ4v) is 2.39. The van der Waals surface area contributed by atoms with E-state index in [2.05, 4.69) is 5.32 Å². The number of piperidine rings is 1. The van der Waals surface area contributed by atoms with E-state index in [1.54, 1.807) is 4.90 Å². The predicted octanol–water partition coefficient (Wildman–Crippen LogP) is 0.862. The van der Waals surface area contributed by atoms with Crippen LogP contribution in [0.5, 0.6) is 5.75 Å². The number of likely N-dealkylation sites (tertiary alicyclic amines) is 1. The molecule has 1 aromatic rings. The van der Waals surface area contributed by atoms with E-state index in [1.807, 2.05) is 31.2 Å². The van der Waals surface area contributed by atoms with Gasteiger partial charge >= 0.3 is 0 Å². The number of nitrogens with one attached hydrogen (secondary N) is 1. The van der Waals surface area contributed by atoms with Crippen molar-refractivity contribution in [2.75, 3.05) is 26.2 Å². The zero-order valence-corrected chi connectivity index (χ0v) is 14.1. The lowest BCUT2D eigenvalue weighted by molar-refractivity contribution is -0.134. The number of nitrogens with two attached hydrogens (primary N) is 1. The molecule has 1 saturated heterocycles. The summed E-state index contributed by atoms with van der Waals surface area (Å²) in [6, 6.07) is 7.98. The standard InChI is InChI=1S/C16H23N3O3.ClH/c1-12-2-4-13(5-3-12)22-14-6-8-19(9-7-14)16(21)11-18-15(20)10-17;/h2-5,14H,6-11,17H2,1H3,(H,18,20);1H. The average molecular weight is 342 g/mol. The first-order valence-corrected chi connectivity index (χ1v) is 7.56. The zero-order chi connectivity index (χ0) is 15.9. The van der Waals surface area contributed by atoms with E-state index in [1.165, 1.54) is 5.56 Å². The topological polar surface area (TPSA) is 84.7 Å². The maximum absolute atomic E-state index is 12.0. The quantitative estimate of drug-likeness (QED) is 0.832. The fraction of sp³-hybridized carbons (Fsp3) is 0.500. The molecule has 1 aliphatic heterocycles. The second-order valence-corrected chi connectivity index (χ2v) is 5.49. The highest BCUT2D eigenvalue weighted by molar-refractivity contribution is 5.85. The summed E-state index contributed by atoms with van der Waals surface area (Å²) >= 11 is 0. The van der Waals surface area contributed by atoms with E-state index in [0.29, 0.717) is 13.1 Å². The number of carbonyl (C=O) groups excluding carboxylic acids is 2. The minimum atomic E-state index is -0.314. The van der Waals surface area contributed by atoms with E-state index in [4.69, 9.17) is 10.5 Å². The molecule has 0 aliphatic carbocycles. The molecule has 0 radical (unpaired) electrons. The van der Waals surface area contributed by atoms with Gasteiger partial charge in [0.2, 0.25) is 11.8 Å². The van der Waals surface area contributed by atoms with Gasteiger partial charge in [0, 0.05) is 25.9 Å². The van der Waals surface area contributed by atoms with Gasteiger partial charge in [0.1, 0.15) is 11.9 Å². The Bertz CT molecular complexity index is 514. The van der Waals surface area contributed by atoms with Crippen LogP contribution >= 0.6 is 12.4 Å². The van der Waals surface area contributed by atoms with Crippen molar-refractivity contribution in [1.29, 1.82) is 0 Å². The molecule has 0 aromatic heterocycles. The Balaban J connectivity index is 0.00000264. The Kier molecular flexibility index (Phi) is 7.85. The third-order valence-electron chi connectivity index (χ3n) is 3.74. The molecule has 0 saturated carbocycles. The maximum Gasteiger partial charge on any atom is 0.241 e. The highest BCUT2D eigenvalue weighted by Gasteiger charge is 2.23. The van der Waals surface area contributed by atoms with Crippen LogP contribution in [0.2, 0.25) is 0 Å². The van der Waals surface area contributed by atoms with Gasteiger partial charge in [-0.05, 0) is 19.1 Å². The van der Waals surface area contributed by atoms with Crippen LogP contribution in [-0.2, 0) is 9.59 Å². The van der Waals surface area contributed by atoms with Gasteiger partial charge in [-0.2, -0.15) is 0 Å². The number of rotatable bonds is 5. The number of aryl methyl sites for hydroxylation is 1. The molecule has 0 atom stereocenters. The van der Waals surface area contributed by atoms with Gasteiger partial charge in [0.05, 0.1) is 13.1 Å². The Morgan fingerprint density at radius 1 is 1.26 bits per heavy atom. The molecule has 0 bridgehead atoms. The first kappa shape index (κ1) is 19.3. The molecule has 1 heterocycles. The van der Waals surface area contributed by atoms with Gasteiger partial charge in [0.25, 0.3) is 0 Å². The third kappa shape index (κ3) is 6.08. The highest BCUT2D eigenvalue weighted by Crippen LogP contribution is 2.19. The van der Waals surface area contributed by atoms with Crippen LogP contribution in [0.3, 0.4) is 0 Å². The van der Waals surface area contributed by atoms with Crippen LogP contribution in [0.15, 0.2) is 24.3 Å².